The summed E-state index contributed by atoms with van der Waals surface area (Å²) in [6.45, 7) is 0. The van der Waals surface area contributed by atoms with E-state index in [1.165, 1.54) is 0 Å². The summed E-state index contributed by atoms with van der Waals surface area (Å²) in [5.74, 6) is 1.11. The first-order valence-electron chi connectivity index (χ1n) is 5.94. The molecule has 0 aliphatic heterocycles. The number of nitriles is 1. The molecule has 0 amide bonds. The van der Waals surface area contributed by atoms with Crippen LogP contribution in [-0.2, 0) is 6.42 Å². The molecular weight excluding hydrogens is 256 g/mol. The maximum Gasteiger partial charge on any atom is 0.274 e. The zero-order valence-corrected chi connectivity index (χ0v) is 10.4. The second-order valence-corrected chi connectivity index (χ2v) is 4.27. The molecule has 6 nitrogen and oxygen atoms in total. The topological polar surface area (TPSA) is 98.7 Å². The average molecular weight is 266 g/mol. The van der Waals surface area contributed by atoms with Crippen LogP contribution in [0, 0.1) is 11.3 Å². The normalized spacial score (nSPS) is 10.3. The Morgan fingerprint density at radius 3 is 2.80 bits per heavy atom. The summed E-state index contributed by atoms with van der Waals surface area (Å²) < 4.78 is 5.15. The average Bonchev–Trinajstić information content (AvgIpc) is 3.10. The first-order chi connectivity index (χ1) is 9.74. The predicted molar refractivity (Wildman–Crippen MR) is 69.7 cm³/mol. The first-order valence-corrected chi connectivity index (χ1v) is 5.94. The second-order valence-electron chi connectivity index (χ2n) is 4.27. The Balaban J connectivity index is 1.80. The van der Waals surface area contributed by atoms with E-state index in [2.05, 4.69) is 15.1 Å². The summed E-state index contributed by atoms with van der Waals surface area (Å²) in [6, 6.07) is 10.5. The maximum atomic E-state index is 9.22. The van der Waals surface area contributed by atoms with Gasteiger partial charge in [0.1, 0.15) is 17.5 Å². The molecule has 0 aliphatic rings. The standard InChI is InChI=1S/C14H10N4O2/c15-7-10-5-12(16-8-10)14-17-13(18-20-14)6-9-1-3-11(19)4-2-9/h1-5,8,16,19H,6H2. The van der Waals surface area contributed by atoms with E-state index in [9.17, 15) is 5.11 Å². The number of rotatable bonds is 3. The third-order valence-electron chi connectivity index (χ3n) is 2.81. The minimum atomic E-state index is 0.220. The van der Waals surface area contributed by atoms with Crippen LogP contribution < -0.4 is 0 Å². The third kappa shape index (κ3) is 2.37. The lowest BCUT2D eigenvalue weighted by atomic mass is 10.1. The molecule has 0 aliphatic carbocycles. The van der Waals surface area contributed by atoms with Gasteiger partial charge >= 0.3 is 0 Å². The SMILES string of the molecule is N#Cc1c[nH]c(-c2nc(Cc3ccc(O)cc3)no2)c1. The van der Waals surface area contributed by atoms with Crippen LogP contribution in [0.5, 0.6) is 5.75 Å². The van der Waals surface area contributed by atoms with Crippen LogP contribution in [0.2, 0.25) is 0 Å². The van der Waals surface area contributed by atoms with Crippen LogP contribution in [0.3, 0.4) is 0 Å². The fourth-order valence-electron chi connectivity index (χ4n) is 1.81. The van der Waals surface area contributed by atoms with Gasteiger partial charge in [-0.15, -0.1) is 0 Å². The zero-order valence-electron chi connectivity index (χ0n) is 10.4. The Morgan fingerprint density at radius 1 is 1.30 bits per heavy atom. The monoisotopic (exact) mass is 266 g/mol. The molecule has 20 heavy (non-hydrogen) atoms. The van der Waals surface area contributed by atoms with Crippen molar-refractivity contribution in [3.05, 3.63) is 53.5 Å². The quantitative estimate of drug-likeness (QED) is 0.757. The van der Waals surface area contributed by atoms with Gasteiger partial charge in [0.25, 0.3) is 5.89 Å². The van der Waals surface area contributed by atoms with E-state index < -0.39 is 0 Å². The highest BCUT2D eigenvalue weighted by molar-refractivity contribution is 5.51. The molecule has 0 spiro atoms. The van der Waals surface area contributed by atoms with Gasteiger partial charge in [0, 0.05) is 12.6 Å². The summed E-state index contributed by atoms with van der Waals surface area (Å²) in [5, 5.41) is 21.9. The van der Waals surface area contributed by atoms with Crippen molar-refractivity contribution < 1.29 is 9.63 Å². The number of hydrogen-bond acceptors (Lipinski definition) is 5. The Kier molecular flexibility index (Phi) is 2.94. The van der Waals surface area contributed by atoms with Crippen LogP contribution in [0.4, 0.5) is 0 Å². The van der Waals surface area contributed by atoms with Crippen LogP contribution in [0.15, 0.2) is 41.1 Å². The lowest BCUT2D eigenvalue weighted by molar-refractivity contribution is 0.423. The highest BCUT2D eigenvalue weighted by Crippen LogP contribution is 2.18. The third-order valence-corrected chi connectivity index (χ3v) is 2.81. The van der Waals surface area contributed by atoms with Crippen LogP contribution in [-0.4, -0.2) is 20.2 Å². The summed E-state index contributed by atoms with van der Waals surface area (Å²) in [4.78, 5) is 7.17. The fourth-order valence-corrected chi connectivity index (χ4v) is 1.81. The van der Waals surface area contributed by atoms with Gasteiger partial charge in [-0.25, -0.2) is 0 Å². The van der Waals surface area contributed by atoms with E-state index >= 15 is 0 Å². The minimum Gasteiger partial charge on any atom is -0.508 e. The number of hydrogen-bond donors (Lipinski definition) is 2. The number of benzene rings is 1. The van der Waals surface area contributed by atoms with E-state index in [-0.39, 0.29) is 5.75 Å². The molecule has 6 heteroatoms. The van der Waals surface area contributed by atoms with Crippen molar-refractivity contribution >= 4 is 0 Å². The van der Waals surface area contributed by atoms with Crippen molar-refractivity contribution in [2.45, 2.75) is 6.42 Å². The van der Waals surface area contributed by atoms with E-state index in [4.69, 9.17) is 9.78 Å². The number of aromatic nitrogens is 3. The lowest BCUT2D eigenvalue weighted by Gasteiger charge is -1.96. The van der Waals surface area contributed by atoms with Gasteiger partial charge < -0.3 is 14.6 Å². The number of aromatic hydroxyl groups is 1. The number of phenols is 1. The molecule has 2 heterocycles. The number of nitrogens with zero attached hydrogens (tertiary/aromatic N) is 3. The van der Waals surface area contributed by atoms with Crippen molar-refractivity contribution in [3.63, 3.8) is 0 Å². The maximum absolute atomic E-state index is 9.22. The van der Waals surface area contributed by atoms with Gasteiger partial charge in [-0.1, -0.05) is 17.3 Å². The van der Waals surface area contributed by atoms with E-state index in [0.29, 0.717) is 29.4 Å². The Labute approximate surface area is 114 Å². The largest absolute Gasteiger partial charge is 0.508 e. The molecule has 0 saturated heterocycles. The summed E-state index contributed by atoms with van der Waals surface area (Å²) in [6.07, 6.45) is 2.09. The molecular formula is C14H10N4O2. The lowest BCUT2D eigenvalue weighted by Crippen LogP contribution is -1.90. The highest BCUT2D eigenvalue weighted by atomic mass is 16.5. The molecule has 0 radical (unpaired) electrons. The molecule has 0 fully saturated rings. The second kappa shape index (κ2) is 4.90. The fraction of sp³-hybridized carbons (Fsp3) is 0.0714. The summed E-state index contributed by atoms with van der Waals surface area (Å²) in [7, 11) is 0. The van der Waals surface area contributed by atoms with Gasteiger partial charge in [0.05, 0.1) is 5.56 Å². The Morgan fingerprint density at radius 2 is 2.10 bits per heavy atom. The van der Waals surface area contributed by atoms with Gasteiger partial charge in [-0.05, 0) is 23.8 Å². The molecule has 0 atom stereocenters. The molecule has 0 unspecified atom stereocenters. The van der Waals surface area contributed by atoms with Crippen molar-refractivity contribution in [1.82, 2.24) is 15.1 Å². The van der Waals surface area contributed by atoms with E-state index in [1.54, 1.807) is 36.5 Å². The van der Waals surface area contributed by atoms with Crippen LogP contribution >= 0.6 is 0 Å². The summed E-state index contributed by atoms with van der Waals surface area (Å²) >= 11 is 0. The molecule has 3 aromatic rings. The van der Waals surface area contributed by atoms with Crippen LogP contribution in [0.1, 0.15) is 17.0 Å². The number of aromatic amines is 1. The first kappa shape index (κ1) is 12.0. The summed E-state index contributed by atoms with van der Waals surface area (Å²) in [5.41, 5.74) is 2.10. The molecule has 0 saturated carbocycles. The van der Waals surface area contributed by atoms with E-state index in [1.807, 2.05) is 6.07 Å². The predicted octanol–water partition coefficient (Wildman–Crippen LogP) is 2.23. The van der Waals surface area contributed by atoms with Crippen molar-refractivity contribution in [1.29, 1.82) is 5.26 Å². The van der Waals surface area contributed by atoms with Crippen LogP contribution in [0.25, 0.3) is 11.6 Å². The van der Waals surface area contributed by atoms with Crippen molar-refractivity contribution in [3.8, 4) is 23.4 Å². The van der Waals surface area contributed by atoms with E-state index in [0.717, 1.165) is 5.56 Å². The van der Waals surface area contributed by atoms with Gasteiger partial charge in [-0.3, -0.25) is 0 Å². The van der Waals surface area contributed by atoms with Crippen molar-refractivity contribution in [2.75, 3.05) is 0 Å². The molecule has 2 N–H and O–H groups in total. The van der Waals surface area contributed by atoms with Gasteiger partial charge in [0.2, 0.25) is 0 Å². The molecule has 2 aromatic heterocycles. The molecule has 3 rings (SSSR count). The highest BCUT2D eigenvalue weighted by Gasteiger charge is 2.11. The Hall–Kier alpha value is -3.07. The minimum absolute atomic E-state index is 0.220. The van der Waals surface area contributed by atoms with Gasteiger partial charge in [-0.2, -0.15) is 10.2 Å². The molecule has 0 bridgehead atoms. The molecule has 98 valence electrons. The van der Waals surface area contributed by atoms with Gasteiger partial charge in [0.15, 0.2) is 5.82 Å². The zero-order chi connectivity index (χ0) is 13.9. The molecule has 1 aromatic carbocycles. The smallest absolute Gasteiger partial charge is 0.274 e. The number of H-pyrrole nitrogens is 1. The number of nitrogens with one attached hydrogen (secondary N) is 1. The van der Waals surface area contributed by atoms with Crippen molar-refractivity contribution in [2.24, 2.45) is 0 Å². The number of phenolic OH excluding ortho intramolecular Hbond substituents is 1. The Bertz CT molecular complexity index is 765.